The average molecular weight is 283 g/mol. The SMILES string of the molecule is COC(=O)c1ccc(Cl)cc1NCC1CCNCC1. The molecule has 0 saturated carbocycles. The van der Waals surface area contributed by atoms with Gasteiger partial charge >= 0.3 is 5.97 Å². The van der Waals surface area contributed by atoms with Crippen LogP contribution in [0.15, 0.2) is 18.2 Å². The van der Waals surface area contributed by atoms with Gasteiger partial charge in [0.15, 0.2) is 0 Å². The van der Waals surface area contributed by atoms with Crippen molar-refractivity contribution in [2.75, 3.05) is 32.1 Å². The minimum Gasteiger partial charge on any atom is -0.465 e. The van der Waals surface area contributed by atoms with E-state index < -0.39 is 0 Å². The summed E-state index contributed by atoms with van der Waals surface area (Å²) >= 11 is 5.98. The fraction of sp³-hybridized carbons (Fsp3) is 0.500. The first-order chi connectivity index (χ1) is 9.20. The molecule has 0 spiro atoms. The lowest BCUT2D eigenvalue weighted by atomic mass is 9.98. The number of piperidine rings is 1. The summed E-state index contributed by atoms with van der Waals surface area (Å²) in [4.78, 5) is 11.7. The summed E-state index contributed by atoms with van der Waals surface area (Å²) in [6.45, 7) is 2.98. The summed E-state index contributed by atoms with van der Waals surface area (Å²) < 4.78 is 4.78. The van der Waals surface area contributed by atoms with E-state index in [1.807, 2.05) is 0 Å². The Morgan fingerprint density at radius 3 is 2.89 bits per heavy atom. The highest BCUT2D eigenvalue weighted by atomic mass is 35.5. The maximum atomic E-state index is 11.7. The standard InChI is InChI=1S/C14H19ClN2O2/c1-19-14(18)12-3-2-11(15)8-13(12)17-9-10-4-6-16-7-5-10/h2-3,8,10,16-17H,4-7,9H2,1H3. The van der Waals surface area contributed by atoms with E-state index in [0.29, 0.717) is 16.5 Å². The maximum Gasteiger partial charge on any atom is 0.339 e. The fourth-order valence-electron chi connectivity index (χ4n) is 2.29. The van der Waals surface area contributed by atoms with E-state index in [2.05, 4.69) is 10.6 Å². The Balaban J connectivity index is 2.05. The Bertz CT molecular complexity index is 445. The number of halogens is 1. The van der Waals surface area contributed by atoms with E-state index in [9.17, 15) is 4.79 Å². The molecule has 1 heterocycles. The molecule has 4 nitrogen and oxygen atoms in total. The van der Waals surface area contributed by atoms with Gasteiger partial charge in [-0.05, 0) is 50.0 Å². The molecule has 2 N–H and O–H groups in total. The summed E-state index contributed by atoms with van der Waals surface area (Å²) in [6.07, 6.45) is 2.31. The first-order valence-corrected chi connectivity index (χ1v) is 6.91. The van der Waals surface area contributed by atoms with E-state index in [0.717, 1.165) is 38.2 Å². The van der Waals surface area contributed by atoms with Gasteiger partial charge in [-0.2, -0.15) is 0 Å². The topological polar surface area (TPSA) is 50.4 Å². The Hall–Kier alpha value is -1.26. The maximum absolute atomic E-state index is 11.7. The highest BCUT2D eigenvalue weighted by Gasteiger charge is 2.16. The van der Waals surface area contributed by atoms with Crippen LogP contribution in [0.25, 0.3) is 0 Å². The molecule has 1 aliphatic heterocycles. The number of esters is 1. The van der Waals surface area contributed by atoms with Crippen molar-refractivity contribution in [2.24, 2.45) is 5.92 Å². The van der Waals surface area contributed by atoms with Crippen LogP contribution in [-0.2, 0) is 4.74 Å². The molecular weight excluding hydrogens is 264 g/mol. The third kappa shape index (κ3) is 3.85. The molecule has 1 aromatic rings. The van der Waals surface area contributed by atoms with Crippen LogP contribution in [-0.4, -0.2) is 32.7 Å². The van der Waals surface area contributed by atoms with Gasteiger partial charge in [-0.25, -0.2) is 4.79 Å². The first-order valence-electron chi connectivity index (χ1n) is 6.53. The molecule has 1 aliphatic rings. The van der Waals surface area contributed by atoms with Gasteiger partial charge in [0.1, 0.15) is 0 Å². The van der Waals surface area contributed by atoms with Crippen molar-refractivity contribution in [3.8, 4) is 0 Å². The van der Waals surface area contributed by atoms with Crippen LogP contribution in [0.5, 0.6) is 0 Å². The van der Waals surface area contributed by atoms with Crippen LogP contribution >= 0.6 is 11.6 Å². The van der Waals surface area contributed by atoms with E-state index in [-0.39, 0.29) is 5.97 Å². The molecule has 0 bridgehead atoms. The molecule has 5 heteroatoms. The monoisotopic (exact) mass is 282 g/mol. The van der Waals surface area contributed by atoms with Crippen LogP contribution in [0.3, 0.4) is 0 Å². The van der Waals surface area contributed by atoms with Crippen molar-refractivity contribution < 1.29 is 9.53 Å². The van der Waals surface area contributed by atoms with E-state index in [1.165, 1.54) is 7.11 Å². The quantitative estimate of drug-likeness (QED) is 0.834. The zero-order valence-corrected chi connectivity index (χ0v) is 11.8. The molecule has 0 aliphatic carbocycles. The number of benzene rings is 1. The molecule has 0 aromatic heterocycles. The van der Waals surface area contributed by atoms with Crippen molar-refractivity contribution in [3.05, 3.63) is 28.8 Å². The number of rotatable bonds is 4. The lowest BCUT2D eigenvalue weighted by Gasteiger charge is -2.23. The number of ether oxygens (including phenoxy) is 1. The molecule has 0 atom stereocenters. The Kier molecular flexibility index (Phi) is 5.05. The molecule has 1 fully saturated rings. The van der Waals surface area contributed by atoms with Gasteiger partial charge in [0.2, 0.25) is 0 Å². The zero-order chi connectivity index (χ0) is 13.7. The van der Waals surface area contributed by atoms with Crippen LogP contribution in [0.2, 0.25) is 5.02 Å². The molecule has 0 radical (unpaired) electrons. The molecule has 19 heavy (non-hydrogen) atoms. The van der Waals surface area contributed by atoms with Crippen molar-refractivity contribution >= 4 is 23.3 Å². The van der Waals surface area contributed by atoms with Crippen molar-refractivity contribution in [1.29, 1.82) is 0 Å². The highest BCUT2D eigenvalue weighted by Crippen LogP contribution is 2.23. The van der Waals surface area contributed by atoms with Gasteiger partial charge < -0.3 is 15.4 Å². The van der Waals surface area contributed by atoms with Gasteiger partial charge in [-0.1, -0.05) is 11.6 Å². The lowest BCUT2D eigenvalue weighted by Crippen LogP contribution is -2.31. The Labute approximate surface area is 118 Å². The number of anilines is 1. The second-order valence-electron chi connectivity index (χ2n) is 4.76. The molecule has 0 amide bonds. The smallest absolute Gasteiger partial charge is 0.339 e. The van der Waals surface area contributed by atoms with E-state index in [1.54, 1.807) is 18.2 Å². The predicted molar refractivity (Wildman–Crippen MR) is 76.9 cm³/mol. The van der Waals surface area contributed by atoms with E-state index >= 15 is 0 Å². The number of hydrogen-bond donors (Lipinski definition) is 2. The number of methoxy groups -OCH3 is 1. The number of nitrogens with one attached hydrogen (secondary N) is 2. The predicted octanol–water partition coefficient (Wildman–Crippen LogP) is 2.54. The number of hydrogen-bond acceptors (Lipinski definition) is 4. The van der Waals surface area contributed by atoms with E-state index in [4.69, 9.17) is 16.3 Å². The van der Waals surface area contributed by atoms with Gasteiger partial charge in [0, 0.05) is 11.6 Å². The fourth-order valence-corrected chi connectivity index (χ4v) is 2.46. The third-order valence-corrected chi connectivity index (χ3v) is 3.66. The summed E-state index contributed by atoms with van der Waals surface area (Å²) in [5.74, 6) is 0.287. The summed E-state index contributed by atoms with van der Waals surface area (Å²) in [6, 6.07) is 5.16. The molecule has 0 unspecified atom stereocenters. The second kappa shape index (κ2) is 6.78. The van der Waals surface area contributed by atoms with Crippen LogP contribution < -0.4 is 10.6 Å². The average Bonchev–Trinajstić information content (AvgIpc) is 2.45. The van der Waals surface area contributed by atoms with Crippen LogP contribution in [0.1, 0.15) is 23.2 Å². The Morgan fingerprint density at radius 2 is 2.21 bits per heavy atom. The summed E-state index contributed by atoms with van der Waals surface area (Å²) in [5.41, 5.74) is 1.28. The molecular formula is C14H19ClN2O2. The second-order valence-corrected chi connectivity index (χ2v) is 5.19. The largest absolute Gasteiger partial charge is 0.465 e. The highest BCUT2D eigenvalue weighted by molar-refractivity contribution is 6.31. The molecule has 1 aromatic carbocycles. The summed E-state index contributed by atoms with van der Waals surface area (Å²) in [5, 5.41) is 7.28. The molecule has 2 rings (SSSR count). The van der Waals surface area contributed by atoms with Crippen LogP contribution in [0, 0.1) is 5.92 Å². The zero-order valence-electron chi connectivity index (χ0n) is 11.0. The van der Waals surface area contributed by atoms with Gasteiger partial charge in [-0.15, -0.1) is 0 Å². The first kappa shape index (κ1) is 14.2. The van der Waals surface area contributed by atoms with Gasteiger partial charge in [0.25, 0.3) is 0 Å². The minimum absolute atomic E-state index is 0.343. The molecule has 1 saturated heterocycles. The van der Waals surface area contributed by atoms with Crippen molar-refractivity contribution in [1.82, 2.24) is 5.32 Å². The lowest BCUT2D eigenvalue weighted by molar-refractivity contribution is 0.0602. The minimum atomic E-state index is -0.343. The third-order valence-electron chi connectivity index (χ3n) is 3.43. The Morgan fingerprint density at radius 1 is 1.47 bits per heavy atom. The van der Waals surface area contributed by atoms with Crippen molar-refractivity contribution in [2.45, 2.75) is 12.8 Å². The van der Waals surface area contributed by atoms with Crippen molar-refractivity contribution in [3.63, 3.8) is 0 Å². The van der Waals surface area contributed by atoms with Gasteiger partial charge in [-0.3, -0.25) is 0 Å². The van der Waals surface area contributed by atoms with Gasteiger partial charge in [0.05, 0.1) is 18.4 Å². The van der Waals surface area contributed by atoms with Crippen LogP contribution in [0.4, 0.5) is 5.69 Å². The number of carbonyl (C=O) groups is 1. The normalized spacial score (nSPS) is 16.1. The molecule has 104 valence electrons. The number of carbonyl (C=O) groups excluding carboxylic acids is 1. The summed E-state index contributed by atoms with van der Waals surface area (Å²) in [7, 11) is 1.38.